The van der Waals surface area contributed by atoms with Gasteiger partial charge in [0.2, 0.25) is 0 Å². The monoisotopic (exact) mass is 465 g/mol. The molecule has 0 aliphatic rings. The second-order valence-corrected chi connectivity index (χ2v) is 8.05. The minimum atomic E-state index is -0.247. The Labute approximate surface area is 183 Å². The van der Waals surface area contributed by atoms with Crippen LogP contribution in [0.3, 0.4) is 0 Å². The molecule has 0 spiro atoms. The van der Waals surface area contributed by atoms with E-state index < -0.39 is 0 Å². The van der Waals surface area contributed by atoms with Crippen molar-refractivity contribution in [1.82, 2.24) is 5.32 Å². The van der Waals surface area contributed by atoms with Crippen LogP contribution in [0.5, 0.6) is 11.5 Å². The number of nitrogens with one attached hydrogen (secondary N) is 1. The van der Waals surface area contributed by atoms with Gasteiger partial charge in [0.15, 0.2) is 11.5 Å². The summed E-state index contributed by atoms with van der Waals surface area (Å²) in [7, 11) is 0. The highest BCUT2D eigenvalue weighted by Gasteiger charge is 2.13. The van der Waals surface area contributed by atoms with Gasteiger partial charge in [0.1, 0.15) is 12.4 Å². The van der Waals surface area contributed by atoms with Crippen molar-refractivity contribution >= 4 is 15.9 Å². The zero-order valence-corrected chi connectivity index (χ0v) is 19.2. The Morgan fingerprint density at radius 3 is 2.34 bits per heavy atom. The van der Waals surface area contributed by atoms with E-state index in [1.54, 1.807) is 12.1 Å². The summed E-state index contributed by atoms with van der Waals surface area (Å²) < 4.78 is 25.7. The quantitative estimate of drug-likeness (QED) is 0.304. The number of halogens is 2. The molecule has 0 amide bonds. The summed E-state index contributed by atoms with van der Waals surface area (Å²) in [5.41, 5.74) is 2.06. The molecule has 0 bridgehead atoms. The minimum absolute atomic E-state index is 0.247. The number of ether oxygens (including phenoxy) is 2. The van der Waals surface area contributed by atoms with Crippen LogP contribution in [0.1, 0.15) is 63.5 Å². The maximum Gasteiger partial charge on any atom is 0.175 e. The molecular formula is C24H33BrFNO2. The van der Waals surface area contributed by atoms with E-state index in [1.165, 1.54) is 50.7 Å². The first-order valence-electron chi connectivity index (χ1n) is 10.7. The highest BCUT2D eigenvalue weighted by molar-refractivity contribution is 9.10. The second-order valence-electron chi connectivity index (χ2n) is 7.20. The number of benzene rings is 2. The van der Waals surface area contributed by atoms with E-state index in [9.17, 15) is 4.39 Å². The molecule has 0 saturated carbocycles. The van der Waals surface area contributed by atoms with Crippen LogP contribution in [0.15, 0.2) is 40.9 Å². The number of hydrogen-bond acceptors (Lipinski definition) is 3. The molecule has 0 aromatic heterocycles. The molecule has 160 valence electrons. The van der Waals surface area contributed by atoms with E-state index in [-0.39, 0.29) is 5.82 Å². The van der Waals surface area contributed by atoms with Crippen molar-refractivity contribution in [2.24, 2.45) is 0 Å². The third-order valence-corrected chi connectivity index (χ3v) is 5.29. The molecule has 29 heavy (non-hydrogen) atoms. The molecule has 0 aliphatic heterocycles. The average molecular weight is 466 g/mol. The molecule has 5 heteroatoms. The molecule has 2 aromatic carbocycles. The molecule has 0 aliphatic carbocycles. The van der Waals surface area contributed by atoms with Crippen LogP contribution in [-0.4, -0.2) is 13.2 Å². The van der Waals surface area contributed by atoms with Crippen molar-refractivity contribution in [3.05, 3.63) is 57.8 Å². The van der Waals surface area contributed by atoms with Gasteiger partial charge in [-0.3, -0.25) is 0 Å². The van der Waals surface area contributed by atoms with Crippen molar-refractivity contribution < 1.29 is 13.9 Å². The molecule has 0 radical (unpaired) electrons. The van der Waals surface area contributed by atoms with Crippen molar-refractivity contribution in [3.8, 4) is 11.5 Å². The van der Waals surface area contributed by atoms with Gasteiger partial charge in [-0.2, -0.15) is 0 Å². The first kappa shape index (κ1) is 23.7. The smallest absolute Gasteiger partial charge is 0.175 e. The largest absolute Gasteiger partial charge is 0.490 e. The number of rotatable bonds is 14. The van der Waals surface area contributed by atoms with E-state index in [0.29, 0.717) is 19.0 Å². The normalized spacial score (nSPS) is 10.9. The highest BCUT2D eigenvalue weighted by atomic mass is 79.9. The first-order chi connectivity index (χ1) is 14.1. The molecule has 2 aromatic rings. The van der Waals surface area contributed by atoms with Gasteiger partial charge < -0.3 is 14.8 Å². The van der Waals surface area contributed by atoms with E-state index in [0.717, 1.165) is 34.4 Å². The molecule has 0 unspecified atom stereocenters. The van der Waals surface area contributed by atoms with Gasteiger partial charge in [-0.25, -0.2) is 4.39 Å². The third-order valence-electron chi connectivity index (χ3n) is 4.70. The summed E-state index contributed by atoms with van der Waals surface area (Å²) >= 11 is 3.62. The lowest BCUT2D eigenvalue weighted by Gasteiger charge is -2.16. The van der Waals surface area contributed by atoms with Crippen LogP contribution in [0.2, 0.25) is 0 Å². The van der Waals surface area contributed by atoms with Gasteiger partial charge in [0.05, 0.1) is 11.1 Å². The average Bonchev–Trinajstić information content (AvgIpc) is 2.71. The molecule has 0 heterocycles. The highest BCUT2D eigenvalue weighted by Crippen LogP contribution is 2.37. The Morgan fingerprint density at radius 2 is 1.62 bits per heavy atom. The zero-order chi connectivity index (χ0) is 20.9. The SMILES string of the molecule is CCCCCCCCNCc1cc(Br)c(OCc2ccc(F)cc2)c(OCC)c1. The summed E-state index contributed by atoms with van der Waals surface area (Å²) in [6, 6.07) is 10.4. The van der Waals surface area contributed by atoms with Gasteiger partial charge in [-0.15, -0.1) is 0 Å². The van der Waals surface area contributed by atoms with Crippen LogP contribution >= 0.6 is 15.9 Å². The summed E-state index contributed by atoms with van der Waals surface area (Å²) in [4.78, 5) is 0. The van der Waals surface area contributed by atoms with Crippen LogP contribution < -0.4 is 14.8 Å². The molecule has 1 N–H and O–H groups in total. The Hall–Kier alpha value is -1.59. The summed E-state index contributed by atoms with van der Waals surface area (Å²) in [6.07, 6.45) is 7.81. The number of unbranched alkanes of at least 4 members (excludes halogenated alkanes) is 5. The van der Waals surface area contributed by atoms with Crippen LogP contribution in [0, 0.1) is 5.82 Å². The molecule has 0 fully saturated rings. The Kier molecular flexibility index (Phi) is 11.1. The van der Waals surface area contributed by atoms with E-state index in [1.807, 2.05) is 13.0 Å². The fourth-order valence-corrected chi connectivity index (χ4v) is 3.73. The molecule has 2 rings (SSSR count). The molecule has 0 atom stereocenters. The van der Waals surface area contributed by atoms with Crippen molar-refractivity contribution in [3.63, 3.8) is 0 Å². The van der Waals surface area contributed by atoms with Crippen molar-refractivity contribution in [2.75, 3.05) is 13.2 Å². The van der Waals surface area contributed by atoms with Gasteiger partial charge in [-0.05, 0) is 71.2 Å². The number of hydrogen-bond donors (Lipinski definition) is 1. The lowest BCUT2D eigenvalue weighted by molar-refractivity contribution is 0.267. The van der Waals surface area contributed by atoms with Crippen LogP contribution in [0.4, 0.5) is 4.39 Å². The second kappa shape index (κ2) is 13.6. The third kappa shape index (κ3) is 8.75. The lowest BCUT2D eigenvalue weighted by Crippen LogP contribution is -2.15. The molecule has 3 nitrogen and oxygen atoms in total. The maximum absolute atomic E-state index is 13.1. The zero-order valence-electron chi connectivity index (χ0n) is 17.6. The molecular weight excluding hydrogens is 433 g/mol. The van der Waals surface area contributed by atoms with Gasteiger partial charge >= 0.3 is 0 Å². The predicted molar refractivity (Wildman–Crippen MR) is 121 cm³/mol. The van der Waals surface area contributed by atoms with Gasteiger partial charge in [0, 0.05) is 6.54 Å². The summed E-state index contributed by atoms with van der Waals surface area (Å²) in [6.45, 7) is 6.95. The predicted octanol–water partition coefficient (Wildman–Crippen LogP) is 7.02. The van der Waals surface area contributed by atoms with Gasteiger partial charge in [-0.1, -0.05) is 51.2 Å². The molecule has 0 saturated heterocycles. The Morgan fingerprint density at radius 1 is 0.897 bits per heavy atom. The standard InChI is InChI=1S/C24H33BrFNO2/c1-3-5-6-7-8-9-14-27-17-20-15-22(25)24(23(16-20)28-4-2)29-18-19-10-12-21(26)13-11-19/h10-13,15-16,27H,3-9,14,17-18H2,1-2H3. The topological polar surface area (TPSA) is 30.5 Å². The van der Waals surface area contributed by atoms with Crippen LogP contribution in [-0.2, 0) is 13.2 Å². The minimum Gasteiger partial charge on any atom is -0.490 e. The van der Waals surface area contributed by atoms with Crippen molar-refractivity contribution in [2.45, 2.75) is 65.5 Å². The summed E-state index contributed by atoms with van der Waals surface area (Å²) in [5.74, 6) is 1.15. The van der Waals surface area contributed by atoms with Crippen molar-refractivity contribution in [1.29, 1.82) is 0 Å². The van der Waals surface area contributed by atoms with E-state index >= 15 is 0 Å². The van der Waals surface area contributed by atoms with E-state index in [2.05, 4.69) is 34.2 Å². The van der Waals surface area contributed by atoms with Crippen LogP contribution in [0.25, 0.3) is 0 Å². The lowest BCUT2D eigenvalue weighted by atomic mass is 10.1. The van der Waals surface area contributed by atoms with E-state index in [4.69, 9.17) is 9.47 Å². The fourth-order valence-electron chi connectivity index (χ4n) is 3.13. The maximum atomic E-state index is 13.1. The first-order valence-corrected chi connectivity index (χ1v) is 11.5. The Bertz CT molecular complexity index is 722. The summed E-state index contributed by atoms with van der Waals surface area (Å²) in [5, 5.41) is 3.52. The fraction of sp³-hybridized carbons (Fsp3) is 0.500. The Balaban J connectivity index is 1.88. The van der Waals surface area contributed by atoms with Gasteiger partial charge in [0.25, 0.3) is 0 Å².